The quantitative estimate of drug-likeness (QED) is 0.363. The lowest BCUT2D eigenvalue weighted by Crippen LogP contribution is -2.55. The second-order valence-electron chi connectivity index (χ2n) is 4.04. The Balaban J connectivity index is 2.61. The van der Waals surface area contributed by atoms with Crippen molar-refractivity contribution in [3.8, 4) is 0 Å². The topological polar surface area (TPSA) is 108 Å². The standard InChI is InChI=1S/C7H16N4O2S/c1-7(2,6(8)9)11-14(12,13)10-5-3-4-5/h5,10-11H,3-4H2,1-2H3,(H3,8,9). The van der Waals surface area contributed by atoms with Crippen molar-refractivity contribution in [2.45, 2.75) is 38.3 Å². The second kappa shape index (κ2) is 3.48. The molecule has 0 saturated heterocycles. The van der Waals surface area contributed by atoms with Gasteiger partial charge in [0.25, 0.3) is 10.2 Å². The van der Waals surface area contributed by atoms with E-state index in [0.717, 1.165) is 12.8 Å². The summed E-state index contributed by atoms with van der Waals surface area (Å²) in [5.41, 5.74) is 4.21. The highest BCUT2D eigenvalue weighted by Gasteiger charge is 2.32. The third-order valence-corrected chi connectivity index (χ3v) is 3.38. The molecule has 0 heterocycles. The van der Waals surface area contributed by atoms with Crippen molar-refractivity contribution in [3.05, 3.63) is 0 Å². The molecule has 0 radical (unpaired) electrons. The van der Waals surface area contributed by atoms with Gasteiger partial charge in [-0.05, 0) is 26.7 Å². The monoisotopic (exact) mass is 220 g/mol. The predicted molar refractivity (Wildman–Crippen MR) is 54.2 cm³/mol. The lowest BCUT2D eigenvalue weighted by molar-refractivity contribution is 0.529. The lowest BCUT2D eigenvalue weighted by Gasteiger charge is -2.24. The zero-order chi connectivity index (χ0) is 11.0. The first-order chi connectivity index (χ1) is 6.23. The van der Waals surface area contributed by atoms with Crippen LogP contribution in [0.5, 0.6) is 0 Å². The maximum Gasteiger partial charge on any atom is 0.278 e. The average Bonchev–Trinajstić information content (AvgIpc) is 2.67. The van der Waals surface area contributed by atoms with Crippen LogP contribution in [-0.2, 0) is 10.2 Å². The number of nitrogens with one attached hydrogen (secondary N) is 3. The number of hydrogen-bond donors (Lipinski definition) is 4. The highest BCUT2D eigenvalue weighted by Crippen LogP contribution is 2.19. The van der Waals surface area contributed by atoms with Gasteiger partial charge in [0.05, 0.1) is 5.54 Å². The Bertz CT molecular complexity index is 332. The third kappa shape index (κ3) is 3.24. The largest absolute Gasteiger partial charge is 0.386 e. The van der Waals surface area contributed by atoms with Crippen molar-refractivity contribution < 1.29 is 8.42 Å². The van der Waals surface area contributed by atoms with E-state index in [1.54, 1.807) is 13.8 Å². The summed E-state index contributed by atoms with van der Waals surface area (Å²) in [4.78, 5) is 0. The van der Waals surface area contributed by atoms with Crippen molar-refractivity contribution in [1.82, 2.24) is 9.44 Å². The molecule has 0 unspecified atom stereocenters. The van der Waals surface area contributed by atoms with Crippen LogP contribution in [0.1, 0.15) is 26.7 Å². The van der Waals surface area contributed by atoms with E-state index in [4.69, 9.17) is 11.1 Å². The SMILES string of the molecule is CC(C)(NS(=O)(=O)NC1CC1)C(=N)N. The van der Waals surface area contributed by atoms with E-state index in [1.165, 1.54) is 0 Å². The molecule has 0 aromatic carbocycles. The molecule has 1 saturated carbocycles. The van der Waals surface area contributed by atoms with Crippen LogP contribution in [0.25, 0.3) is 0 Å². The van der Waals surface area contributed by atoms with Crippen molar-refractivity contribution in [1.29, 1.82) is 5.41 Å². The summed E-state index contributed by atoms with van der Waals surface area (Å²) >= 11 is 0. The van der Waals surface area contributed by atoms with Crippen LogP contribution in [0.4, 0.5) is 0 Å². The molecule has 0 atom stereocenters. The predicted octanol–water partition coefficient (Wildman–Crippen LogP) is -0.713. The Morgan fingerprint density at radius 3 is 2.36 bits per heavy atom. The van der Waals surface area contributed by atoms with Gasteiger partial charge in [-0.1, -0.05) is 0 Å². The van der Waals surface area contributed by atoms with Crippen LogP contribution in [0.2, 0.25) is 0 Å². The van der Waals surface area contributed by atoms with Crippen LogP contribution >= 0.6 is 0 Å². The highest BCUT2D eigenvalue weighted by molar-refractivity contribution is 7.87. The van der Waals surface area contributed by atoms with E-state index in [-0.39, 0.29) is 11.9 Å². The number of amidine groups is 1. The molecule has 14 heavy (non-hydrogen) atoms. The van der Waals surface area contributed by atoms with Crippen molar-refractivity contribution in [2.24, 2.45) is 5.73 Å². The maximum absolute atomic E-state index is 11.4. The fraction of sp³-hybridized carbons (Fsp3) is 0.857. The van der Waals surface area contributed by atoms with Gasteiger partial charge in [0.2, 0.25) is 0 Å². The Hall–Kier alpha value is -0.660. The molecule has 6 nitrogen and oxygen atoms in total. The van der Waals surface area contributed by atoms with Gasteiger partial charge >= 0.3 is 0 Å². The van der Waals surface area contributed by atoms with Gasteiger partial charge in [-0.3, -0.25) is 5.41 Å². The summed E-state index contributed by atoms with van der Waals surface area (Å²) in [5, 5.41) is 7.20. The molecular formula is C7H16N4O2S. The van der Waals surface area contributed by atoms with Crippen molar-refractivity contribution in [3.63, 3.8) is 0 Å². The second-order valence-corrected chi connectivity index (χ2v) is 5.48. The average molecular weight is 220 g/mol. The summed E-state index contributed by atoms with van der Waals surface area (Å²) in [6, 6.07) is 0.0512. The first-order valence-corrected chi connectivity index (χ1v) is 5.87. The molecule has 1 rings (SSSR count). The maximum atomic E-state index is 11.4. The first kappa shape index (κ1) is 11.4. The van der Waals surface area contributed by atoms with E-state index in [1.807, 2.05) is 0 Å². The minimum Gasteiger partial charge on any atom is -0.386 e. The van der Waals surface area contributed by atoms with Gasteiger partial charge in [-0.25, -0.2) is 0 Å². The van der Waals surface area contributed by atoms with Gasteiger partial charge in [0.1, 0.15) is 5.84 Å². The van der Waals surface area contributed by atoms with E-state index >= 15 is 0 Å². The van der Waals surface area contributed by atoms with Crippen LogP contribution in [0.15, 0.2) is 0 Å². The molecule has 1 fully saturated rings. The van der Waals surface area contributed by atoms with Crippen LogP contribution < -0.4 is 15.2 Å². The van der Waals surface area contributed by atoms with Crippen LogP contribution in [0.3, 0.4) is 0 Å². The van der Waals surface area contributed by atoms with Gasteiger partial charge in [-0.15, -0.1) is 0 Å². The minimum atomic E-state index is -3.54. The van der Waals surface area contributed by atoms with Gasteiger partial charge < -0.3 is 5.73 Å². The minimum absolute atomic E-state index is 0.0512. The Kier molecular flexibility index (Phi) is 2.84. The highest BCUT2D eigenvalue weighted by atomic mass is 32.2. The summed E-state index contributed by atoms with van der Waals surface area (Å²) in [6.45, 7) is 3.09. The molecule has 1 aliphatic rings. The Labute approximate surface area is 83.9 Å². The van der Waals surface area contributed by atoms with Crippen LogP contribution in [-0.4, -0.2) is 25.8 Å². The summed E-state index contributed by atoms with van der Waals surface area (Å²) in [7, 11) is -3.54. The van der Waals surface area contributed by atoms with Crippen LogP contribution in [0, 0.1) is 5.41 Å². The molecule has 0 bridgehead atoms. The zero-order valence-corrected chi connectivity index (χ0v) is 9.11. The third-order valence-electron chi connectivity index (χ3n) is 1.96. The smallest absolute Gasteiger partial charge is 0.278 e. The molecule has 0 spiro atoms. The van der Waals surface area contributed by atoms with E-state index in [9.17, 15) is 8.42 Å². The van der Waals surface area contributed by atoms with E-state index in [2.05, 4.69) is 9.44 Å². The molecule has 0 aromatic rings. The van der Waals surface area contributed by atoms with E-state index in [0.29, 0.717) is 0 Å². The Morgan fingerprint density at radius 1 is 1.50 bits per heavy atom. The van der Waals surface area contributed by atoms with Gasteiger partial charge in [-0.2, -0.15) is 17.9 Å². The lowest BCUT2D eigenvalue weighted by atomic mass is 10.1. The molecule has 0 aliphatic heterocycles. The normalized spacial score (nSPS) is 18.1. The zero-order valence-electron chi connectivity index (χ0n) is 8.29. The molecule has 7 heteroatoms. The summed E-state index contributed by atoms with van der Waals surface area (Å²) < 4.78 is 27.6. The molecule has 1 aliphatic carbocycles. The molecule has 82 valence electrons. The van der Waals surface area contributed by atoms with Crippen molar-refractivity contribution >= 4 is 16.0 Å². The van der Waals surface area contributed by atoms with E-state index < -0.39 is 15.7 Å². The molecule has 0 amide bonds. The molecular weight excluding hydrogens is 204 g/mol. The number of rotatable bonds is 5. The molecule has 0 aromatic heterocycles. The van der Waals surface area contributed by atoms with Gasteiger partial charge in [0, 0.05) is 6.04 Å². The number of hydrogen-bond acceptors (Lipinski definition) is 3. The van der Waals surface area contributed by atoms with Gasteiger partial charge in [0.15, 0.2) is 0 Å². The summed E-state index contributed by atoms with van der Waals surface area (Å²) in [6.07, 6.45) is 1.75. The fourth-order valence-corrected chi connectivity index (χ4v) is 2.36. The number of nitrogens with two attached hydrogens (primary N) is 1. The fourth-order valence-electron chi connectivity index (χ4n) is 0.841. The Morgan fingerprint density at radius 2 is 2.00 bits per heavy atom. The molecule has 5 N–H and O–H groups in total. The first-order valence-electron chi connectivity index (χ1n) is 4.39. The van der Waals surface area contributed by atoms with Crippen molar-refractivity contribution in [2.75, 3.05) is 0 Å². The summed E-state index contributed by atoms with van der Waals surface area (Å²) in [5.74, 6) is -0.210.